The number of nitrogens with two attached hydrogens (primary N) is 1. The Morgan fingerprint density at radius 3 is 2.10 bits per heavy atom. The Morgan fingerprint density at radius 1 is 0.952 bits per heavy atom. The summed E-state index contributed by atoms with van der Waals surface area (Å²) in [4.78, 5) is 0.430. The van der Waals surface area contributed by atoms with E-state index in [1.165, 1.54) is 32.1 Å². The van der Waals surface area contributed by atoms with E-state index in [4.69, 9.17) is 5.73 Å². The average Bonchev–Trinajstić information content (AvgIpc) is 2.41. The molecule has 1 rings (SSSR count). The first-order chi connectivity index (χ1) is 9.97. The molecule has 2 N–H and O–H groups in total. The number of hydrogen-bond acceptors (Lipinski definition) is 3. The number of nitrogen functional groups attached to an aromatic ring is 1. The number of aryl methyl sites for hydroxylation is 1. The zero-order chi connectivity index (χ0) is 15.7. The summed E-state index contributed by atoms with van der Waals surface area (Å²) in [6, 6.07) is 5.01. The first-order valence-corrected chi connectivity index (χ1v) is 9.71. The number of hydrogen-bond donors (Lipinski definition) is 1. The molecule has 0 heterocycles. The molecule has 0 atom stereocenters. The molecule has 1 aromatic rings. The van der Waals surface area contributed by atoms with Crippen LogP contribution in [0.5, 0.6) is 0 Å². The highest BCUT2D eigenvalue weighted by atomic mass is 32.2. The summed E-state index contributed by atoms with van der Waals surface area (Å²) in [6.45, 7) is 4.01. The van der Waals surface area contributed by atoms with Gasteiger partial charge in [-0.25, -0.2) is 8.42 Å². The Bertz CT molecular complexity index is 524. The smallest absolute Gasteiger partial charge is 0.178 e. The van der Waals surface area contributed by atoms with Gasteiger partial charge in [0.25, 0.3) is 0 Å². The van der Waals surface area contributed by atoms with E-state index in [1.807, 2.05) is 0 Å². The highest BCUT2D eigenvalue weighted by Crippen LogP contribution is 2.20. The lowest BCUT2D eigenvalue weighted by Crippen LogP contribution is -2.09. The van der Waals surface area contributed by atoms with E-state index in [1.54, 1.807) is 25.1 Å². The van der Waals surface area contributed by atoms with Crippen molar-refractivity contribution < 1.29 is 8.42 Å². The summed E-state index contributed by atoms with van der Waals surface area (Å²) in [5, 5.41) is 0. The minimum absolute atomic E-state index is 0.243. The summed E-state index contributed by atoms with van der Waals surface area (Å²) in [5.41, 5.74) is 7.02. The van der Waals surface area contributed by atoms with Gasteiger partial charge >= 0.3 is 0 Å². The van der Waals surface area contributed by atoms with Crippen molar-refractivity contribution in [1.29, 1.82) is 0 Å². The lowest BCUT2D eigenvalue weighted by atomic mass is 10.1. The topological polar surface area (TPSA) is 60.2 Å². The van der Waals surface area contributed by atoms with Gasteiger partial charge < -0.3 is 5.73 Å². The molecule has 3 nitrogen and oxygen atoms in total. The number of unbranched alkanes of at least 4 members (excludes halogenated alkanes) is 7. The summed E-state index contributed by atoms with van der Waals surface area (Å²) in [7, 11) is -3.16. The van der Waals surface area contributed by atoms with E-state index in [2.05, 4.69) is 6.92 Å². The van der Waals surface area contributed by atoms with E-state index in [-0.39, 0.29) is 5.75 Å². The molecule has 0 amide bonds. The fourth-order valence-electron chi connectivity index (χ4n) is 2.56. The molecule has 0 aromatic heterocycles. The molecule has 0 fully saturated rings. The molecule has 120 valence electrons. The molecular formula is C17H29NO2S. The lowest BCUT2D eigenvalue weighted by molar-refractivity contribution is 0.572. The maximum atomic E-state index is 12.3. The second kappa shape index (κ2) is 9.08. The molecule has 0 unspecified atom stereocenters. The van der Waals surface area contributed by atoms with E-state index in [0.717, 1.165) is 24.8 Å². The van der Waals surface area contributed by atoms with Crippen LogP contribution in [0, 0.1) is 6.92 Å². The molecule has 0 aliphatic carbocycles. The van der Waals surface area contributed by atoms with Crippen molar-refractivity contribution in [3.05, 3.63) is 23.8 Å². The fourth-order valence-corrected chi connectivity index (χ4v) is 4.19. The van der Waals surface area contributed by atoms with Crippen LogP contribution in [0.2, 0.25) is 0 Å². The third kappa shape index (κ3) is 6.51. The van der Waals surface area contributed by atoms with Crippen molar-refractivity contribution in [2.45, 2.75) is 70.1 Å². The maximum absolute atomic E-state index is 12.3. The van der Waals surface area contributed by atoms with Crippen molar-refractivity contribution >= 4 is 15.5 Å². The van der Waals surface area contributed by atoms with Gasteiger partial charge in [-0.1, -0.05) is 51.9 Å². The van der Waals surface area contributed by atoms with Crippen LogP contribution in [-0.4, -0.2) is 14.2 Å². The fraction of sp³-hybridized carbons (Fsp3) is 0.647. The van der Waals surface area contributed by atoms with Gasteiger partial charge in [0.2, 0.25) is 0 Å². The van der Waals surface area contributed by atoms with Gasteiger partial charge in [-0.3, -0.25) is 0 Å². The zero-order valence-corrected chi connectivity index (χ0v) is 14.2. The van der Waals surface area contributed by atoms with Gasteiger partial charge in [0.15, 0.2) is 9.84 Å². The van der Waals surface area contributed by atoms with Crippen molar-refractivity contribution in [2.75, 3.05) is 11.5 Å². The number of anilines is 1. The standard InChI is InChI=1S/C17H29NO2S/c1-3-4-5-6-7-8-9-10-13-21(19,20)17-12-11-16(18)14-15(17)2/h11-12,14H,3-10,13,18H2,1-2H3. The third-order valence-corrected chi connectivity index (χ3v) is 5.75. The minimum atomic E-state index is -3.16. The van der Waals surface area contributed by atoms with E-state index in [9.17, 15) is 8.42 Å². The molecule has 0 saturated heterocycles. The average molecular weight is 311 g/mol. The van der Waals surface area contributed by atoms with Crippen LogP contribution >= 0.6 is 0 Å². The minimum Gasteiger partial charge on any atom is -0.399 e. The molecular weight excluding hydrogens is 282 g/mol. The van der Waals surface area contributed by atoms with Gasteiger partial charge in [0.1, 0.15) is 0 Å². The van der Waals surface area contributed by atoms with Gasteiger partial charge in [-0.15, -0.1) is 0 Å². The Hall–Kier alpha value is -1.03. The molecule has 0 aliphatic heterocycles. The van der Waals surface area contributed by atoms with Crippen LogP contribution < -0.4 is 5.73 Å². The van der Waals surface area contributed by atoms with E-state index >= 15 is 0 Å². The second-order valence-corrected chi connectivity index (χ2v) is 7.90. The Kier molecular flexibility index (Phi) is 7.79. The molecule has 0 saturated carbocycles. The Balaban J connectivity index is 2.33. The first kappa shape index (κ1) is 18.0. The van der Waals surface area contributed by atoms with Crippen LogP contribution in [0.25, 0.3) is 0 Å². The highest BCUT2D eigenvalue weighted by molar-refractivity contribution is 7.91. The molecule has 0 radical (unpaired) electrons. The molecule has 0 bridgehead atoms. The molecule has 0 spiro atoms. The number of benzene rings is 1. The van der Waals surface area contributed by atoms with Crippen LogP contribution in [0.3, 0.4) is 0 Å². The van der Waals surface area contributed by atoms with Crippen LogP contribution in [0.15, 0.2) is 23.1 Å². The maximum Gasteiger partial charge on any atom is 0.178 e. The second-order valence-electron chi connectivity index (χ2n) is 5.82. The molecule has 0 aliphatic rings. The van der Waals surface area contributed by atoms with Gasteiger partial charge in [-0.05, 0) is 37.1 Å². The number of sulfone groups is 1. The third-order valence-electron chi connectivity index (χ3n) is 3.80. The van der Waals surface area contributed by atoms with Crippen LogP contribution in [0.1, 0.15) is 63.9 Å². The van der Waals surface area contributed by atoms with Crippen molar-refractivity contribution in [1.82, 2.24) is 0 Å². The summed E-state index contributed by atoms with van der Waals surface area (Å²) in [6.07, 6.45) is 9.27. The Morgan fingerprint density at radius 2 is 1.52 bits per heavy atom. The summed E-state index contributed by atoms with van der Waals surface area (Å²) >= 11 is 0. The van der Waals surface area contributed by atoms with Crippen LogP contribution in [-0.2, 0) is 9.84 Å². The zero-order valence-electron chi connectivity index (χ0n) is 13.4. The Labute approximate surface area is 129 Å². The lowest BCUT2D eigenvalue weighted by Gasteiger charge is -2.08. The molecule has 1 aromatic carbocycles. The van der Waals surface area contributed by atoms with Crippen molar-refractivity contribution in [3.63, 3.8) is 0 Å². The van der Waals surface area contributed by atoms with E-state index in [0.29, 0.717) is 10.6 Å². The van der Waals surface area contributed by atoms with E-state index < -0.39 is 9.84 Å². The largest absolute Gasteiger partial charge is 0.399 e. The number of rotatable bonds is 10. The van der Waals surface area contributed by atoms with Crippen molar-refractivity contribution in [2.24, 2.45) is 0 Å². The summed E-state index contributed by atoms with van der Waals surface area (Å²) in [5.74, 6) is 0.243. The van der Waals surface area contributed by atoms with Crippen molar-refractivity contribution in [3.8, 4) is 0 Å². The first-order valence-electron chi connectivity index (χ1n) is 8.06. The monoisotopic (exact) mass is 311 g/mol. The molecule has 4 heteroatoms. The highest BCUT2D eigenvalue weighted by Gasteiger charge is 2.16. The van der Waals surface area contributed by atoms with Gasteiger partial charge in [0.05, 0.1) is 10.6 Å². The molecule has 21 heavy (non-hydrogen) atoms. The van der Waals surface area contributed by atoms with Crippen LogP contribution in [0.4, 0.5) is 5.69 Å². The summed E-state index contributed by atoms with van der Waals surface area (Å²) < 4.78 is 24.6. The predicted octanol–water partition coefficient (Wildman–Crippen LogP) is 4.49. The van der Waals surface area contributed by atoms with Gasteiger partial charge in [-0.2, -0.15) is 0 Å². The van der Waals surface area contributed by atoms with Gasteiger partial charge in [0, 0.05) is 5.69 Å². The quantitative estimate of drug-likeness (QED) is 0.511. The SMILES string of the molecule is CCCCCCCCCCS(=O)(=O)c1ccc(N)cc1C. The normalized spacial score (nSPS) is 11.7. The predicted molar refractivity (Wildman–Crippen MR) is 90.3 cm³/mol.